The molecular weight excluding hydrogens is 346 g/mol. The van der Waals surface area contributed by atoms with E-state index in [9.17, 15) is 14.7 Å². The minimum Gasteiger partial charge on any atom is -0.480 e. The van der Waals surface area contributed by atoms with Crippen molar-refractivity contribution in [1.82, 2.24) is 5.32 Å². The average Bonchev–Trinajstić information content (AvgIpc) is 2.99. The summed E-state index contributed by atoms with van der Waals surface area (Å²) < 4.78 is 10.4. The molecule has 0 heterocycles. The van der Waals surface area contributed by atoms with E-state index < -0.39 is 18.1 Å². The van der Waals surface area contributed by atoms with Crippen LogP contribution in [-0.4, -0.2) is 43.0 Å². The molecule has 0 aromatic heterocycles. The molecule has 0 radical (unpaired) electrons. The van der Waals surface area contributed by atoms with Crippen LogP contribution in [0.3, 0.4) is 0 Å². The molecule has 2 aromatic rings. The van der Waals surface area contributed by atoms with E-state index in [1.54, 1.807) is 0 Å². The Labute approximate surface area is 157 Å². The van der Waals surface area contributed by atoms with Crippen LogP contribution in [0.4, 0.5) is 4.79 Å². The highest BCUT2D eigenvalue weighted by Crippen LogP contribution is 2.44. The number of carbonyl (C=O) groups excluding carboxylic acids is 1. The van der Waals surface area contributed by atoms with Gasteiger partial charge in [-0.25, -0.2) is 9.59 Å². The van der Waals surface area contributed by atoms with E-state index in [-0.39, 0.29) is 25.7 Å². The third-order valence-electron chi connectivity index (χ3n) is 4.45. The molecule has 1 atom stereocenters. The number of rotatable bonds is 8. The third kappa shape index (κ3) is 4.17. The summed E-state index contributed by atoms with van der Waals surface area (Å²) in [7, 11) is 0. The molecule has 0 saturated heterocycles. The van der Waals surface area contributed by atoms with Crippen LogP contribution in [0, 0.1) is 0 Å². The van der Waals surface area contributed by atoms with Gasteiger partial charge in [0.05, 0.1) is 13.2 Å². The number of carbonyl (C=O) groups is 2. The van der Waals surface area contributed by atoms with E-state index in [4.69, 9.17) is 9.47 Å². The summed E-state index contributed by atoms with van der Waals surface area (Å²) in [5, 5.41) is 11.5. The van der Waals surface area contributed by atoms with Crippen molar-refractivity contribution < 1.29 is 24.2 Å². The first-order valence-electron chi connectivity index (χ1n) is 8.64. The molecule has 6 nitrogen and oxygen atoms in total. The molecule has 0 spiro atoms. The molecule has 0 bridgehead atoms. The highest BCUT2D eigenvalue weighted by Gasteiger charge is 2.29. The van der Waals surface area contributed by atoms with Crippen molar-refractivity contribution in [2.45, 2.75) is 12.0 Å². The number of aliphatic carboxylic acids is 1. The van der Waals surface area contributed by atoms with Crippen molar-refractivity contribution in [1.29, 1.82) is 0 Å². The fraction of sp³-hybridized carbons (Fsp3) is 0.238. The Morgan fingerprint density at radius 2 is 1.70 bits per heavy atom. The second-order valence-corrected chi connectivity index (χ2v) is 6.19. The fourth-order valence-electron chi connectivity index (χ4n) is 3.23. The summed E-state index contributed by atoms with van der Waals surface area (Å²) in [6, 6.07) is 14.8. The van der Waals surface area contributed by atoms with E-state index in [1.807, 2.05) is 48.5 Å². The van der Waals surface area contributed by atoms with Crippen LogP contribution in [0.5, 0.6) is 0 Å². The first-order valence-corrected chi connectivity index (χ1v) is 8.64. The molecule has 2 aromatic carbocycles. The molecule has 27 heavy (non-hydrogen) atoms. The molecule has 1 amide bonds. The zero-order valence-electron chi connectivity index (χ0n) is 14.8. The number of hydrogen-bond acceptors (Lipinski definition) is 4. The number of carboxylic acid groups (broad SMARTS) is 1. The smallest absolute Gasteiger partial charge is 0.407 e. The van der Waals surface area contributed by atoms with Crippen LogP contribution in [0.15, 0.2) is 61.2 Å². The van der Waals surface area contributed by atoms with Gasteiger partial charge in [0, 0.05) is 5.92 Å². The van der Waals surface area contributed by atoms with Crippen LogP contribution in [0.2, 0.25) is 0 Å². The summed E-state index contributed by atoms with van der Waals surface area (Å²) >= 11 is 0. The Bertz CT molecular complexity index is 802. The van der Waals surface area contributed by atoms with E-state index in [1.165, 1.54) is 6.08 Å². The first-order chi connectivity index (χ1) is 13.1. The number of carboxylic acids is 1. The molecular formula is C21H21NO5. The highest BCUT2D eigenvalue weighted by atomic mass is 16.5. The molecule has 140 valence electrons. The highest BCUT2D eigenvalue weighted by molar-refractivity contribution is 5.81. The van der Waals surface area contributed by atoms with Gasteiger partial charge in [-0.1, -0.05) is 54.6 Å². The summed E-state index contributed by atoms with van der Waals surface area (Å²) in [5.74, 6) is -1.27. The van der Waals surface area contributed by atoms with E-state index in [0.29, 0.717) is 0 Å². The maximum atomic E-state index is 12.1. The lowest BCUT2D eigenvalue weighted by Crippen LogP contribution is -2.44. The Hall–Kier alpha value is -3.12. The Morgan fingerprint density at radius 3 is 2.26 bits per heavy atom. The number of benzene rings is 2. The van der Waals surface area contributed by atoms with E-state index in [2.05, 4.69) is 11.9 Å². The van der Waals surface area contributed by atoms with Gasteiger partial charge in [0.25, 0.3) is 0 Å². The van der Waals surface area contributed by atoms with Crippen LogP contribution in [-0.2, 0) is 14.3 Å². The Kier molecular flexibility index (Phi) is 5.88. The summed E-state index contributed by atoms with van der Waals surface area (Å²) in [6.07, 6.45) is 0.720. The van der Waals surface area contributed by atoms with Crippen LogP contribution in [0.1, 0.15) is 17.0 Å². The van der Waals surface area contributed by atoms with Crippen molar-refractivity contribution in [3.8, 4) is 11.1 Å². The van der Waals surface area contributed by atoms with Gasteiger partial charge in [0.2, 0.25) is 0 Å². The van der Waals surface area contributed by atoms with Crippen molar-refractivity contribution in [3.63, 3.8) is 0 Å². The molecule has 1 aliphatic carbocycles. The molecule has 2 N–H and O–H groups in total. The zero-order valence-corrected chi connectivity index (χ0v) is 14.8. The summed E-state index contributed by atoms with van der Waals surface area (Å²) in [5.41, 5.74) is 4.44. The van der Waals surface area contributed by atoms with E-state index in [0.717, 1.165) is 22.3 Å². The van der Waals surface area contributed by atoms with Crippen molar-refractivity contribution in [2.75, 3.05) is 19.8 Å². The molecule has 6 heteroatoms. The summed E-state index contributed by atoms with van der Waals surface area (Å²) in [4.78, 5) is 23.3. The third-order valence-corrected chi connectivity index (χ3v) is 4.45. The minimum absolute atomic E-state index is 0.0801. The average molecular weight is 367 g/mol. The van der Waals surface area contributed by atoms with Gasteiger partial charge < -0.3 is 19.9 Å². The van der Waals surface area contributed by atoms with Crippen LogP contribution >= 0.6 is 0 Å². The lowest BCUT2D eigenvalue weighted by molar-refractivity contribution is -0.140. The SMILES string of the molecule is C=CCOC[C@H](NC(=O)OCC1c2ccccc2-c2ccccc21)C(=O)O. The fourth-order valence-corrected chi connectivity index (χ4v) is 3.23. The maximum absolute atomic E-state index is 12.1. The quantitative estimate of drug-likeness (QED) is 0.553. The summed E-state index contributed by atoms with van der Waals surface area (Å²) in [6.45, 7) is 3.66. The monoisotopic (exact) mass is 367 g/mol. The van der Waals surface area contributed by atoms with Gasteiger partial charge in [0.1, 0.15) is 6.61 Å². The second-order valence-electron chi connectivity index (χ2n) is 6.19. The molecule has 1 aliphatic rings. The lowest BCUT2D eigenvalue weighted by Gasteiger charge is -2.17. The molecule has 0 aliphatic heterocycles. The van der Waals surface area contributed by atoms with Gasteiger partial charge in [-0.05, 0) is 22.3 Å². The van der Waals surface area contributed by atoms with Crippen molar-refractivity contribution >= 4 is 12.1 Å². The molecule has 0 fully saturated rings. The minimum atomic E-state index is -1.19. The van der Waals surface area contributed by atoms with Gasteiger partial charge in [0.15, 0.2) is 6.04 Å². The zero-order chi connectivity index (χ0) is 19.2. The lowest BCUT2D eigenvalue weighted by atomic mass is 9.98. The number of nitrogens with one attached hydrogen (secondary N) is 1. The van der Waals surface area contributed by atoms with Gasteiger partial charge >= 0.3 is 12.1 Å². The van der Waals surface area contributed by atoms with Gasteiger partial charge in [-0.15, -0.1) is 6.58 Å². The predicted octanol–water partition coefficient (Wildman–Crippen LogP) is 3.18. The number of hydrogen-bond donors (Lipinski definition) is 2. The number of ether oxygens (including phenoxy) is 2. The van der Waals surface area contributed by atoms with Gasteiger partial charge in [-0.2, -0.15) is 0 Å². The normalized spacial score (nSPS) is 13.3. The number of fused-ring (bicyclic) bond motifs is 3. The topological polar surface area (TPSA) is 84.9 Å². The molecule has 3 rings (SSSR count). The standard InChI is InChI=1S/C21H21NO5/c1-2-11-26-13-19(20(23)24)22-21(25)27-12-18-16-9-5-3-7-14(16)15-8-4-6-10-17(15)18/h2-10,18-19H,1,11-13H2,(H,22,25)(H,23,24)/t19-/m0/s1. The van der Waals surface area contributed by atoms with Crippen LogP contribution in [0.25, 0.3) is 11.1 Å². The Balaban J connectivity index is 1.65. The van der Waals surface area contributed by atoms with Crippen LogP contribution < -0.4 is 5.32 Å². The first kappa shape index (κ1) is 18.7. The Morgan fingerprint density at radius 1 is 1.11 bits per heavy atom. The second kappa shape index (κ2) is 8.51. The number of amides is 1. The molecule has 0 saturated carbocycles. The molecule has 0 unspecified atom stereocenters. The van der Waals surface area contributed by atoms with Crippen molar-refractivity contribution in [3.05, 3.63) is 72.3 Å². The largest absolute Gasteiger partial charge is 0.480 e. The van der Waals surface area contributed by atoms with Gasteiger partial charge in [-0.3, -0.25) is 0 Å². The van der Waals surface area contributed by atoms with Crippen molar-refractivity contribution in [2.24, 2.45) is 0 Å². The van der Waals surface area contributed by atoms with E-state index >= 15 is 0 Å². The predicted molar refractivity (Wildman–Crippen MR) is 101 cm³/mol. The maximum Gasteiger partial charge on any atom is 0.407 e. The number of alkyl carbamates (subject to hydrolysis) is 1.